The zero-order chi connectivity index (χ0) is 16.4. The zero-order valence-corrected chi connectivity index (χ0v) is 15.3. The average molecular weight is 391 g/mol. The van der Waals surface area contributed by atoms with E-state index in [1.807, 2.05) is 17.4 Å². The van der Waals surface area contributed by atoms with Crippen LogP contribution >= 0.6 is 27.3 Å². The van der Waals surface area contributed by atoms with Gasteiger partial charge >= 0.3 is 0 Å². The van der Waals surface area contributed by atoms with Crippen LogP contribution in [0.5, 0.6) is 0 Å². The number of hydrogen-bond acceptors (Lipinski definition) is 1. The Bertz CT molecular complexity index is 953. The minimum absolute atomic E-state index is 1.13. The monoisotopic (exact) mass is 390 g/mol. The van der Waals surface area contributed by atoms with E-state index in [-0.39, 0.29) is 0 Å². The molecule has 2 heteroatoms. The molecule has 0 N–H and O–H groups in total. The minimum Gasteiger partial charge on any atom is -0.135 e. The summed E-state index contributed by atoms with van der Waals surface area (Å²) in [5, 5.41) is 0. The van der Waals surface area contributed by atoms with Crippen LogP contribution in [0.1, 0.15) is 0 Å². The molecule has 0 radical (unpaired) electrons. The highest BCUT2D eigenvalue weighted by Crippen LogP contribution is 2.35. The van der Waals surface area contributed by atoms with Crippen molar-refractivity contribution >= 4 is 27.3 Å². The summed E-state index contributed by atoms with van der Waals surface area (Å²) in [4.78, 5) is 2.60. The fourth-order valence-corrected chi connectivity index (χ4v) is 4.29. The SMILES string of the molecule is Brc1ccccc1-c1ccc(-c2ccc(-c3ccccc3)s2)cc1. The van der Waals surface area contributed by atoms with E-state index in [1.54, 1.807) is 0 Å². The molecule has 0 spiro atoms. The maximum atomic E-state index is 3.63. The van der Waals surface area contributed by atoms with Gasteiger partial charge in [0.1, 0.15) is 0 Å². The minimum atomic E-state index is 1.13. The van der Waals surface area contributed by atoms with E-state index in [9.17, 15) is 0 Å². The summed E-state index contributed by atoms with van der Waals surface area (Å²) in [5.41, 5.74) is 4.99. The second-order valence-electron chi connectivity index (χ2n) is 5.59. The molecule has 0 unspecified atom stereocenters. The van der Waals surface area contributed by atoms with Crippen LogP contribution in [0.15, 0.2) is 95.5 Å². The van der Waals surface area contributed by atoms with Crippen LogP contribution in [-0.2, 0) is 0 Å². The predicted molar refractivity (Wildman–Crippen MR) is 108 cm³/mol. The van der Waals surface area contributed by atoms with Gasteiger partial charge in [0.15, 0.2) is 0 Å². The van der Waals surface area contributed by atoms with E-state index < -0.39 is 0 Å². The number of rotatable bonds is 3. The molecule has 0 aliphatic carbocycles. The van der Waals surface area contributed by atoms with Crippen molar-refractivity contribution < 1.29 is 0 Å². The van der Waals surface area contributed by atoms with Crippen molar-refractivity contribution in [2.45, 2.75) is 0 Å². The number of halogens is 1. The van der Waals surface area contributed by atoms with Crippen molar-refractivity contribution in [3.05, 3.63) is 95.5 Å². The zero-order valence-electron chi connectivity index (χ0n) is 12.9. The van der Waals surface area contributed by atoms with Crippen molar-refractivity contribution in [3.8, 4) is 32.0 Å². The van der Waals surface area contributed by atoms with Gasteiger partial charge in [-0.1, -0.05) is 88.7 Å². The first-order chi connectivity index (χ1) is 11.8. The Labute approximate surface area is 154 Å². The van der Waals surface area contributed by atoms with Crippen LogP contribution in [0.4, 0.5) is 0 Å². The maximum Gasteiger partial charge on any atom is 0.0349 e. The third-order valence-electron chi connectivity index (χ3n) is 4.02. The first-order valence-corrected chi connectivity index (χ1v) is 9.43. The Morgan fingerprint density at radius 3 is 1.71 bits per heavy atom. The molecule has 0 aliphatic rings. The lowest BCUT2D eigenvalue weighted by Crippen LogP contribution is -1.80. The Balaban J connectivity index is 1.64. The van der Waals surface area contributed by atoms with Crippen LogP contribution in [-0.4, -0.2) is 0 Å². The van der Waals surface area contributed by atoms with Crippen molar-refractivity contribution in [2.75, 3.05) is 0 Å². The van der Waals surface area contributed by atoms with Crippen LogP contribution in [0.3, 0.4) is 0 Å². The van der Waals surface area contributed by atoms with Gasteiger partial charge in [-0.3, -0.25) is 0 Å². The molecule has 24 heavy (non-hydrogen) atoms. The van der Waals surface area contributed by atoms with E-state index in [1.165, 1.54) is 32.0 Å². The van der Waals surface area contributed by atoms with Crippen LogP contribution in [0.25, 0.3) is 32.0 Å². The second-order valence-corrected chi connectivity index (χ2v) is 7.53. The average Bonchev–Trinajstić information content (AvgIpc) is 3.13. The first-order valence-electron chi connectivity index (χ1n) is 7.82. The summed E-state index contributed by atoms with van der Waals surface area (Å²) in [6, 6.07) is 32.1. The van der Waals surface area contributed by atoms with Gasteiger partial charge in [-0.05, 0) is 40.5 Å². The topological polar surface area (TPSA) is 0 Å². The van der Waals surface area contributed by atoms with Crippen molar-refractivity contribution in [1.29, 1.82) is 0 Å². The highest BCUT2D eigenvalue weighted by atomic mass is 79.9. The molecule has 0 atom stereocenters. The van der Waals surface area contributed by atoms with Crippen molar-refractivity contribution in [1.82, 2.24) is 0 Å². The van der Waals surface area contributed by atoms with Crippen LogP contribution < -0.4 is 0 Å². The van der Waals surface area contributed by atoms with Gasteiger partial charge in [0.25, 0.3) is 0 Å². The van der Waals surface area contributed by atoms with E-state index >= 15 is 0 Å². The van der Waals surface area contributed by atoms with E-state index in [2.05, 4.69) is 101 Å². The molecule has 0 fully saturated rings. The summed E-state index contributed by atoms with van der Waals surface area (Å²) in [5.74, 6) is 0. The normalized spacial score (nSPS) is 10.7. The largest absolute Gasteiger partial charge is 0.135 e. The molecule has 4 aromatic rings. The predicted octanol–water partition coefficient (Wildman–Crippen LogP) is 7.51. The Morgan fingerprint density at radius 1 is 0.500 bits per heavy atom. The molecule has 0 saturated heterocycles. The van der Waals surface area contributed by atoms with E-state index in [0.29, 0.717) is 0 Å². The summed E-state index contributed by atoms with van der Waals surface area (Å²) >= 11 is 5.46. The van der Waals surface area contributed by atoms with Crippen LogP contribution in [0.2, 0.25) is 0 Å². The lowest BCUT2D eigenvalue weighted by molar-refractivity contribution is 1.58. The fraction of sp³-hybridized carbons (Fsp3) is 0. The maximum absolute atomic E-state index is 3.63. The molecule has 0 saturated carbocycles. The molecule has 1 heterocycles. The molecular formula is C22H15BrS. The lowest BCUT2D eigenvalue weighted by Gasteiger charge is -2.05. The van der Waals surface area contributed by atoms with E-state index in [0.717, 1.165) is 4.47 Å². The summed E-state index contributed by atoms with van der Waals surface area (Å²) in [7, 11) is 0. The lowest BCUT2D eigenvalue weighted by atomic mass is 10.0. The van der Waals surface area contributed by atoms with Crippen molar-refractivity contribution in [3.63, 3.8) is 0 Å². The van der Waals surface area contributed by atoms with Gasteiger partial charge in [0, 0.05) is 14.2 Å². The van der Waals surface area contributed by atoms with Gasteiger partial charge in [0.05, 0.1) is 0 Å². The first kappa shape index (κ1) is 15.4. The standard InChI is InChI=1S/C22H15BrS/c23-20-9-5-4-8-19(20)16-10-12-18(13-11-16)22-15-14-21(24-22)17-6-2-1-3-7-17/h1-15H. The third-order valence-corrected chi connectivity index (χ3v) is 5.89. The Morgan fingerprint density at radius 2 is 1.04 bits per heavy atom. The van der Waals surface area contributed by atoms with Gasteiger partial charge in [-0.25, -0.2) is 0 Å². The smallest absolute Gasteiger partial charge is 0.0349 e. The highest BCUT2D eigenvalue weighted by Gasteiger charge is 2.06. The molecule has 0 nitrogen and oxygen atoms in total. The molecule has 3 aromatic carbocycles. The summed E-state index contributed by atoms with van der Waals surface area (Å²) in [6.45, 7) is 0. The molecule has 1 aromatic heterocycles. The second kappa shape index (κ2) is 6.76. The van der Waals surface area contributed by atoms with Gasteiger partial charge < -0.3 is 0 Å². The molecule has 116 valence electrons. The quantitative estimate of drug-likeness (QED) is 0.339. The molecule has 0 aliphatic heterocycles. The Hall–Kier alpha value is -2.16. The summed E-state index contributed by atoms with van der Waals surface area (Å²) in [6.07, 6.45) is 0. The molecular weight excluding hydrogens is 376 g/mol. The van der Waals surface area contributed by atoms with E-state index in [4.69, 9.17) is 0 Å². The Kier molecular flexibility index (Phi) is 4.33. The molecule has 0 amide bonds. The molecule has 0 bridgehead atoms. The third kappa shape index (κ3) is 3.08. The van der Waals surface area contributed by atoms with Gasteiger partial charge in [0.2, 0.25) is 0 Å². The molecule has 4 rings (SSSR count). The highest BCUT2D eigenvalue weighted by molar-refractivity contribution is 9.10. The van der Waals surface area contributed by atoms with Gasteiger partial charge in [-0.2, -0.15) is 0 Å². The number of benzene rings is 3. The number of thiophene rings is 1. The summed E-state index contributed by atoms with van der Waals surface area (Å²) < 4.78 is 1.13. The number of hydrogen-bond donors (Lipinski definition) is 0. The fourth-order valence-electron chi connectivity index (χ4n) is 2.76. The van der Waals surface area contributed by atoms with Crippen LogP contribution in [0, 0.1) is 0 Å². The van der Waals surface area contributed by atoms with Gasteiger partial charge in [-0.15, -0.1) is 11.3 Å². The van der Waals surface area contributed by atoms with Crippen molar-refractivity contribution in [2.24, 2.45) is 0 Å².